The minimum atomic E-state index is -0.498. The van der Waals surface area contributed by atoms with Crippen molar-refractivity contribution in [1.82, 2.24) is 4.90 Å². The quantitative estimate of drug-likeness (QED) is 0.142. The summed E-state index contributed by atoms with van der Waals surface area (Å²) in [6.07, 6.45) is 1.69. The normalized spacial score (nSPS) is 14.5. The van der Waals surface area contributed by atoms with Crippen LogP contribution in [0, 0.1) is 10.1 Å². The fourth-order valence-electron chi connectivity index (χ4n) is 3.99. The molecule has 7 nitrogen and oxygen atoms in total. The number of non-ortho nitro benzene ring substituents is 1. The molecule has 1 fully saturated rings. The Hall–Kier alpha value is -4.14. The fraction of sp³-hybridized carbons (Fsp3) is 0.0714. The van der Waals surface area contributed by atoms with Crippen molar-refractivity contribution >= 4 is 57.0 Å². The third-order valence-electron chi connectivity index (χ3n) is 5.91. The van der Waals surface area contributed by atoms with Crippen LogP contribution in [0.3, 0.4) is 0 Å². The van der Waals surface area contributed by atoms with E-state index in [-0.39, 0.29) is 23.7 Å². The third kappa shape index (κ3) is 5.21. The molecule has 0 N–H and O–H groups in total. The van der Waals surface area contributed by atoms with Gasteiger partial charge < -0.3 is 4.74 Å². The molecule has 9 heteroatoms. The van der Waals surface area contributed by atoms with E-state index >= 15 is 0 Å². The topological polar surface area (TPSA) is 89.8 Å². The average Bonchev–Trinajstić information content (AvgIpc) is 3.16. The first-order valence-electron chi connectivity index (χ1n) is 11.3. The van der Waals surface area contributed by atoms with Gasteiger partial charge in [-0.2, -0.15) is 0 Å². The predicted molar refractivity (Wildman–Crippen MR) is 144 cm³/mol. The van der Waals surface area contributed by atoms with Crippen LogP contribution in [0.25, 0.3) is 16.8 Å². The van der Waals surface area contributed by atoms with Crippen LogP contribution in [0.4, 0.5) is 10.5 Å². The summed E-state index contributed by atoms with van der Waals surface area (Å²) in [6, 6.07) is 24.7. The minimum Gasteiger partial charge on any atom is -0.488 e. The van der Waals surface area contributed by atoms with Gasteiger partial charge in [0.1, 0.15) is 12.4 Å². The van der Waals surface area contributed by atoms with E-state index in [0.29, 0.717) is 21.9 Å². The number of halogens is 1. The van der Waals surface area contributed by atoms with E-state index < -0.39 is 16.1 Å². The zero-order chi connectivity index (χ0) is 25.9. The highest BCUT2D eigenvalue weighted by atomic mass is 35.5. The predicted octanol–water partition coefficient (Wildman–Crippen LogP) is 7.22. The zero-order valence-electron chi connectivity index (χ0n) is 19.3. The molecule has 0 radical (unpaired) electrons. The summed E-state index contributed by atoms with van der Waals surface area (Å²) in [5.74, 6) is 0.124. The van der Waals surface area contributed by atoms with Gasteiger partial charge in [-0.15, -0.1) is 0 Å². The van der Waals surface area contributed by atoms with Gasteiger partial charge in [0.05, 0.1) is 16.4 Å². The number of thioether (sulfide) groups is 1. The molecule has 184 valence electrons. The minimum absolute atomic E-state index is 0.0192. The molecule has 0 unspecified atom stereocenters. The molecule has 0 bridgehead atoms. The molecular weight excluding hydrogens is 512 g/mol. The molecule has 4 aromatic rings. The standard InChI is InChI=1S/C28H19ClN2O5S/c29-24-8-4-2-6-20(24)17-36-25-14-11-19-5-1-3-7-22(19)23(25)15-26-27(32)30(28(33)37-26)16-18-9-12-21(13-10-18)31(34)35/h1-15H,16-17H2/b26-15-. The Morgan fingerprint density at radius 2 is 1.68 bits per heavy atom. The second-order valence-corrected chi connectivity index (χ2v) is 9.67. The lowest BCUT2D eigenvalue weighted by molar-refractivity contribution is -0.384. The molecule has 0 aromatic heterocycles. The molecule has 0 spiro atoms. The van der Waals surface area contributed by atoms with Crippen molar-refractivity contribution in [2.75, 3.05) is 0 Å². The van der Waals surface area contributed by atoms with Gasteiger partial charge in [0.15, 0.2) is 0 Å². The van der Waals surface area contributed by atoms with Crippen molar-refractivity contribution in [3.05, 3.63) is 122 Å². The highest BCUT2D eigenvalue weighted by Crippen LogP contribution is 2.38. The smallest absolute Gasteiger partial charge is 0.293 e. The van der Waals surface area contributed by atoms with Crippen molar-refractivity contribution in [3.63, 3.8) is 0 Å². The molecule has 0 saturated carbocycles. The number of ether oxygens (including phenoxy) is 1. The molecule has 0 atom stereocenters. The number of imide groups is 1. The molecule has 2 amide bonds. The molecule has 0 aliphatic carbocycles. The number of benzene rings is 4. The van der Waals surface area contributed by atoms with E-state index in [9.17, 15) is 19.7 Å². The van der Waals surface area contributed by atoms with Crippen LogP contribution in [0.2, 0.25) is 5.02 Å². The van der Waals surface area contributed by atoms with Gasteiger partial charge in [0, 0.05) is 28.3 Å². The number of hydrogen-bond acceptors (Lipinski definition) is 6. The van der Waals surface area contributed by atoms with Gasteiger partial charge in [-0.25, -0.2) is 0 Å². The van der Waals surface area contributed by atoms with Crippen LogP contribution < -0.4 is 4.74 Å². The van der Waals surface area contributed by atoms with E-state index in [2.05, 4.69) is 0 Å². The summed E-state index contributed by atoms with van der Waals surface area (Å²) in [6.45, 7) is 0.256. The first-order valence-corrected chi connectivity index (χ1v) is 12.5. The Kier molecular flexibility index (Phi) is 6.94. The van der Waals surface area contributed by atoms with Gasteiger partial charge in [0.25, 0.3) is 16.8 Å². The van der Waals surface area contributed by atoms with Crippen molar-refractivity contribution in [2.45, 2.75) is 13.2 Å². The van der Waals surface area contributed by atoms with Gasteiger partial charge >= 0.3 is 0 Å². The maximum atomic E-state index is 13.2. The molecule has 1 heterocycles. The highest BCUT2D eigenvalue weighted by Gasteiger charge is 2.35. The van der Waals surface area contributed by atoms with E-state index in [1.54, 1.807) is 12.1 Å². The Bertz CT molecular complexity index is 1570. The van der Waals surface area contributed by atoms with Crippen LogP contribution in [0.1, 0.15) is 16.7 Å². The fourth-order valence-corrected chi connectivity index (χ4v) is 5.00. The molecule has 37 heavy (non-hydrogen) atoms. The molecular formula is C28H19ClN2O5S. The number of hydrogen-bond donors (Lipinski definition) is 0. The number of carbonyl (C=O) groups is 2. The average molecular weight is 531 g/mol. The van der Waals surface area contributed by atoms with Crippen molar-refractivity contribution in [2.24, 2.45) is 0 Å². The number of nitro benzene ring substituents is 1. The van der Waals surface area contributed by atoms with Crippen LogP contribution in [-0.4, -0.2) is 21.0 Å². The number of nitrogens with zero attached hydrogens (tertiary/aromatic N) is 2. The van der Waals surface area contributed by atoms with E-state index in [1.165, 1.54) is 24.3 Å². The summed E-state index contributed by atoms with van der Waals surface area (Å²) >= 11 is 7.14. The number of amides is 2. The van der Waals surface area contributed by atoms with Crippen LogP contribution >= 0.6 is 23.4 Å². The van der Waals surface area contributed by atoms with Gasteiger partial charge in [-0.05, 0) is 46.3 Å². The van der Waals surface area contributed by atoms with Gasteiger partial charge in [-0.1, -0.05) is 72.3 Å². The first kappa shape index (κ1) is 24.5. The summed E-state index contributed by atoms with van der Waals surface area (Å²) in [4.78, 5) is 37.8. The molecule has 4 aromatic carbocycles. The van der Waals surface area contributed by atoms with Crippen LogP contribution in [0.5, 0.6) is 5.75 Å². The Balaban J connectivity index is 1.45. The third-order valence-corrected chi connectivity index (χ3v) is 7.18. The maximum Gasteiger partial charge on any atom is 0.293 e. The molecule has 1 aliphatic heterocycles. The molecule has 5 rings (SSSR count). The Morgan fingerprint density at radius 1 is 0.946 bits per heavy atom. The van der Waals surface area contributed by atoms with Crippen molar-refractivity contribution < 1.29 is 19.2 Å². The number of fused-ring (bicyclic) bond motifs is 1. The second-order valence-electron chi connectivity index (χ2n) is 8.27. The molecule has 1 aliphatic rings. The monoisotopic (exact) mass is 530 g/mol. The van der Waals surface area contributed by atoms with Crippen molar-refractivity contribution in [3.8, 4) is 5.75 Å². The maximum absolute atomic E-state index is 13.2. The number of carbonyl (C=O) groups excluding carboxylic acids is 2. The second kappa shape index (κ2) is 10.5. The van der Waals surface area contributed by atoms with Gasteiger partial charge in [0.2, 0.25) is 0 Å². The van der Waals surface area contributed by atoms with Crippen molar-refractivity contribution in [1.29, 1.82) is 0 Å². The largest absolute Gasteiger partial charge is 0.488 e. The SMILES string of the molecule is O=C1S/C(=C\c2c(OCc3ccccc3Cl)ccc3ccccc23)C(=O)N1Cc1ccc([N+](=O)[O-])cc1. The summed E-state index contributed by atoms with van der Waals surface area (Å²) < 4.78 is 6.13. The summed E-state index contributed by atoms with van der Waals surface area (Å²) in [5, 5.41) is 12.9. The lowest BCUT2D eigenvalue weighted by atomic mass is 10.0. The Labute approximate surface area is 221 Å². The number of nitro groups is 1. The van der Waals surface area contributed by atoms with Crippen LogP contribution in [0.15, 0.2) is 89.8 Å². The zero-order valence-corrected chi connectivity index (χ0v) is 20.9. The van der Waals surface area contributed by atoms with Gasteiger partial charge in [-0.3, -0.25) is 24.6 Å². The summed E-state index contributed by atoms with van der Waals surface area (Å²) in [5.41, 5.74) is 2.07. The van der Waals surface area contributed by atoms with Crippen LogP contribution in [-0.2, 0) is 17.9 Å². The van der Waals surface area contributed by atoms with E-state index in [1.807, 2.05) is 54.6 Å². The summed E-state index contributed by atoms with van der Waals surface area (Å²) in [7, 11) is 0. The van der Waals surface area contributed by atoms with E-state index in [0.717, 1.165) is 33.0 Å². The lowest BCUT2D eigenvalue weighted by Crippen LogP contribution is -2.27. The first-order chi connectivity index (χ1) is 17.9. The number of rotatable bonds is 7. The highest BCUT2D eigenvalue weighted by molar-refractivity contribution is 8.18. The van der Waals surface area contributed by atoms with E-state index in [4.69, 9.17) is 16.3 Å². The Morgan fingerprint density at radius 3 is 2.43 bits per heavy atom. The lowest BCUT2D eigenvalue weighted by Gasteiger charge is -2.14. The molecule has 1 saturated heterocycles.